The summed E-state index contributed by atoms with van der Waals surface area (Å²) in [7, 11) is 5.35. The lowest BCUT2D eigenvalue weighted by atomic mass is 10.1. The van der Waals surface area contributed by atoms with Gasteiger partial charge in [0.15, 0.2) is 11.5 Å². The van der Waals surface area contributed by atoms with Crippen LogP contribution < -0.4 is 14.8 Å². The number of methoxy groups -OCH3 is 2. The number of pyridine rings is 1. The van der Waals surface area contributed by atoms with Crippen LogP contribution in [0.15, 0.2) is 12.3 Å². The fourth-order valence-corrected chi connectivity index (χ4v) is 1.92. The molecule has 1 aromatic rings. The second kappa shape index (κ2) is 7.45. The van der Waals surface area contributed by atoms with Gasteiger partial charge in [0.1, 0.15) is 5.69 Å². The van der Waals surface area contributed by atoms with Crippen molar-refractivity contribution in [3.63, 3.8) is 0 Å². The van der Waals surface area contributed by atoms with Crippen molar-refractivity contribution in [2.24, 2.45) is 0 Å². The summed E-state index contributed by atoms with van der Waals surface area (Å²) >= 11 is 0. The Hall–Kier alpha value is -1.33. The molecule has 0 saturated heterocycles. The van der Waals surface area contributed by atoms with Gasteiger partial charge in [-0.25, -0.2) is 0 Å². The Morgan fingerprint density at radius 1 is 1.25 bits per heavy atom. The van der Waals surface area contributed by atoms with Gasteiger partial charge in [-0.1, -0.05) is 0 Å². The molecule has 0 atom stereocenters. The average molecular weight is 281 g/mol. The highest BCUT2D eigenvalue weighted by Crippen LogP contribution is 2.29. The van der Waals surface area contributed by atoms with Crippen molar-refractivity contribution in [3.05, 3.63) is 18.0 Å². The van der Waals surface area contributed by atoms with Gasteiger partial charge in [0.2, 0.25) is 0 Å². The van der Waals surface area contributed by atoms with Gasteiger partial charge in [0.05, 0.1) is 14.2 Å². The molecule has 5 heteroatoms. The van der Waals surface area contributed by atoms with Crippen LogP contribution in [0.5, 0.6) is 11.5 Å². The number of rotatable bonds is 7. The molecule has 0 aromatic carbocycles. The second-order valence-electron chi connectivity index (χ2n) is 5.91. The lowest BCUT2D eigenvalue weighted by Crippen LogP contribution is -2.40. The molecule has 0 spiro atoms. The maximum Gasteiger partial charge on any atom is 0.183 e. The van der Waals surface area contributed by atoms with Crippen molar-refractivity contribution in [2.45, 2.75) is 32.9 Å². The Morgan fingerprint density at radius 3 is 2.50 bits per heavy atom. The third kappa shape index (κ3) is 5.35. The Labute approximate surface area is 122 Å². The summed E-state index contributed by atoms with van der Waals surface area (Å²) < 4.78 is 10.7. The molecule has 1 aromatic heterocycles. The van der Waals surface area contributed by atoms with Gasteiger partial charge in [0, 0.05) is 37.4 Å². The lowest BCUT2D eigenvalue weighted by Gasteiger charge is -2.24. The third-order valence-electron chi connectivity index (χ3n) is 2.93. The fourth-order valence-electron chi connectivity index (χ4n) is 1.92. The number of aromatic nitrogens is 1. The topological polar surface area (TPSA) is 46.6 Å². The minimum Gasteiger partial charge on any atom is -0.493 e. The van der Waals surface area contributed by atoms with E-state index in [1.54, 1.807) is 20.4 Å². The fraction of sp³-hybridized carbons (Fsp3) is 0.667. The van der Waals surface area contributed by atoms with E-state index < -0.39 is 0 Å². The smallest absolute Gasteiger partial charge is 0.183 e. The predicted molar refractivity (Wildman–Crippen MR) is 81.4 cm³/mol. The van der Waals surface area contributed by atoms with Crippen molar-refractivity contribution < 1.29 is 9.47 Å². The molecule has 0 amide bonds. The monoisotopic (exact) mass is 281 g/mol. The molecule has 0 aliphatic rings. The molecular formula is C15H27N3O2. The van der Waals surface area contributed by atoms with Crippen molar-refractivity contribution >= 4 is 0 Å². The number of ether oxygens (including phenoxy) is 2. The van der Waals surface area contributed by atoms with Crippen LogP contribution in [-0.2, 0) is 6.54 Å². The second-order valence-corrected chi connectivity index (χ2v) is 5.91. The number of likely N-dealkylation sites (N-methyl/N-ethyl adjacent to an activating group) is 1. The summed E-state index contributed by atoms with van der Waals surface area (Å²) in [5.41, 5.74) is 1.04. The molecule has 20 heavy (non-hydrogen) atoms. The average Bonchev–Trinajstić information content (AvgIpc) is 2.36. The predicted octanol–water partition coefficient (Wildman–Crippen LogP) is 1.92. The van der Waals surface area contributed by atoms with Crippen LogP contribution in [0.1, 0.15) is 26.5 Å². The molecule has 114 valence electrons. The summed E-state index contributed by atoms with van der Waals surface area (Å²) in [6, 6.07) is 1.81. The highest BCUT2D eigenvalue weighted by Gasteiger charge is 2.13. The Kier molecular flexibility index (Phi) is 6.23. The number of hydrogen-bond donors (Lipinski definition) is 1. The Morgan fingerprint density at radius 2 is 1.95 bits per heavy atom. The van der Waals surface area contributed by atoms with Gasteiger partial charge in [-0.3, -0.25) is 9.88 Å². The van der Waals surface area contributed by atoms with Crippen molar-refractivity contribution in [1.82, 2.24) is 15.2 Å². The molecular weight excluding hydrogens is 254 g/mol. The van der Waals surface area contributed by atoms with E-state index in [9.17, 15) is 0 Å². The van der Waals surface area contributed by atoms with Crippen LogP contribution in [0.4, 0.5) is 0 Å². The minimum absolute atomic E-state index is 0.146. The lowest BCUT2D eigenvalue weighted by molar-refractivity contribution is 0.289. The van der Waals surface area contributed by atoms with Gasteiger partial charge >= 0.3 is 0 Å². The molecule has 0 radical (unpaired) electrons. The largest absolute Gasteiger partial charge is 0.493 e. The van der Waals surface area contributed by atoms with Crippen molar-refractivity contribution in [1.29, 1.82) is 0 Å². The maximum atomic E-state index is 5.40. The highest BCUT2D eigenvalue weighted by molar-refractivity contribution is 5.42. The van der Waals surface area contributed by atoms with E-state index in [4.69, 9.17) is 9.47 Å². The van der Waals surface area contributed by atoms with Crippen LogP contribution >= 0.6 is 0 Å². The van der Waals surface area contributed by atoms with Crippen LogP contribution in [0.25, 0.3) is 0 Å². The molecule has 0 aliphatic carbocycles. The Balaban J connectivity index is 2.59. The molecule has 1 rings (SSSR count). The van der Waals surface area contributed by atoms with Crippen LogP contribution in [-0.4, -0.2) is 49.8 Å². The van der Waals surface area contributed by atoms with E-state index in [-0.39, 0.29) is 5.54 Å². The maximum absolute atomic E-state index is 5.40. The molecule has 1 heterocycles. The molecule has 0 aliphatic heterocycles. The first-order valence-electron chi connectivity index (χ1n) is 6.87. The molecule has 0 saturated carbocycles. The first-order chi connectivity index (χ1) is 9.37. The normalized spacial score (nSPS) is 11.8. The van der Waals surface area contributed by atoms with E-state index in [0.717, 1.165) is 31.1 Å². The molecule has 5 nitrogen and oxygen atoms in total. The van der Waals surface area contributed by atoms with Gasteiger partial charge in [0.25, 0.3) is 0 Å². The minimum atomic E-state index is 0.146. The van der Waals surface area contributed by atoms with Gasteiger partial charge in [-0.15, -0.1) is 0 Å². The van der Waals surface area contributed by atoms with Crippen LogP contribution in [0, 0.1) is 0 Å². The summed E-state index contributed by atoms with van der Waals surface area (Å²) in [5.74, 6) is 1.43. The van der Waals surface area contributed by atoms with Gasteiger partial charge in [-0.2, -0.15) is 0 Å². The van der Waals surface area contributed by atoms with Crippen molar-refractivity contribution in [2.75, 3.05) is 34.4 Å². The summed E-state index contributed by atoms with van der Waals surface area (Å²) in [4.78, 5) is 6.60. The van der Waals surface area contributed by atoms with Crippen molar-refractivity contribution in [3.8, 4) is 11.5 Å². The van der Waals surface area contributed by atoms with Gasteiger partial charge < -0.3 is 14.8 Å². The number of nitrogens with zero attached hydrogens (tertiary/aromatic N) is 2. The first kappa shape index (κ1) is 16.7. The summed E-state index contributed by atoms with van der Waals surface area (Å²) in [6.45, 7) is 9.11. The quantitative estimate of drug-likeness (QED) is 0.827. The van der Waals surface area contributed by atoms with E-state index in [1.165, 1.54) is 0 Å². The van der Waals surface area contributed by atoms with E-state index in [0.29, 0.717) is 5.75 Å². The first-order valence-corrected chi connectivity index (χ1v) is 6.87. The van der Waals surface area contributed by atoms with Crippen LogP contribution in [0.2, 0.25) is 0 Å². The number of hydrogen-bond acceptors (Lipinski definition) is 5. The van der Waals surface area contributed by atoms with Crippen LogP contribution in [0.3, 0.4) is 0 Å². The zero-order valence-corrected chi connectivity index (χ0v) is 13.5. The zero-order chi connectivity index (χ0) is 15.2. The molecule has 0 unspecified atom stereocenters. The van der Waals surface area contributed by atoms with Gasteiger partial charge in [-0.05, 0) is 27.8 Å². The SMILES string of the molecule is COc1ccnc(CN(C)CCNC(C)(C)C)c1OC. The summed E-state index contributed by atoms with van der Waals surface area (Å²) in [5, 5.41) is 3.47. The Bertz CT molecular complexity index is 416. The molecule has 1 N–H and O–H groups in total. The third-order valence-corrected chi connectivity index (χ3v) is 2.93. The van der Waals surface area contributed by atoms with E-state index >= 15 is 0 Å². The van der Waals surface area contributed by atoms with E-state index in [1.807, 2.05) is 6.07 Å². The highest BCUT2D eigenvalue weighted by atomic mass is 16.5. The standard InChI is InChI=1S/C15H27N3O2/c1-15(2,3)17-9-10-18(4)11-12-14(20-6)13(19-5)7-8-16-12/h7-8,17H,9-11H2,1-6H3. The molecule has 0 bridgehead atoms. The zero-order valence-electron chi connectivity index (χ0n) is 13.5. The van der Waals surface area contributed by atoms with E-state index in [2.05, 4.69) is 43.0 Å². The summed E-state index contributed by atoms with van der Waals surface area (Å²) in [6.07, 6.45) is 1.75. The molecule has 0 fully saturated rings. The number of nitrogens with one attached hydrogen (secondary N) is 1.